The number of nitrogens with zero attached hydrogens (tertiary/aromatic N) is 3. The summed E-state index contributed by atoms with van der Waals surface area (Å²) in [6.45, 7) is 2.01. The normalized spacial score (nSPS) is 19.1. The first-order valence-electron chi connectivity index (χ1n) is 13.0. The van der Waals surface area contributed by atoms with Crippen LogP contribution in [0.2, 0.25) is 0 Å². The number of pyridine rings is 1. The molecule has 1 aromatic carbocycles. The van der Waals surface area contributed by atoms with Gasteiger partial charge in [0, 0.05) is 37.3 Å². The van der Waals surface area contributed by atoms with E-state index in [-0.39, 0.29) is 29.8 Å². The molecule has 5 rings (SSSR count). The van der Waals surface area contributed by atoms with Crippen molar-refractivity contribution >= 4 is 22.9 Å². The summed E-state index contributed by atoms with van der Waals surface area (Å²) in [4.78, 5) is 18.3. The Morgan fingerprint density at radius 2 is 2.08 bits per heavy atom. The van der Waals surface area contributed by atoms with E-state index >= 15 is 0 Å². The van der Waals surface area contributed by atoms with E-state index in [9.17, 15) is 22.4 Å². The highest BCUT2D eigenvalue weighted by Crippen LogP contribution is 2.31. The lowest BCUT2D eigenvalue weighted by Gasteiger charge is -2.32. The van der Waals surface area contributed by atoms with Crippen LogP contribution in [0, 0.1) is 17.8 Å². The number of halogens is 4. The van der Waals surface area contributed by atoms with E-state index in [4.69, 9.17) is 4.74 Å². The summed E-state index contributed by atoms with van der Waals surface area (Å²) < 4.78 is 61.8. The molecule has 2 aliphatic heterocycles. The Labute approximate surface area is 229 Å². The van der Waals surface area contributed by atoms with Crippen molar-refractivity contribution in [1.82, 2.24) is 19.6 Å². The Kier molecular flexibility index (Phi) is 7.76. The fourth-order valence-electron chi connectivity index (χ4n) is 5.12. The van der Waals surface area contributed by atoms with Crippen molar-refractivity contribution in [3.8, 4) is 17.6 Å². The van der Waals surface area contributed by atoms with Gasteiger partial charge in [0.05, 0.1) is 37.1 Å². The molecule has 0 spiro atoms. The van der Waals surface area contributed by atoms with Gasteiger partial charge < -0.3 is 30.0 Å². The van der Waals surface area contributed by atoms with Crippen LogP contribution in [-0.2, 0) is 13.0 Å². The van der Waals surface area contributed by atoms with Crippen LogP contribution in [0.15, 0.2) is 30.5 Å². The summed E-state index contributed by atoms with van der Waals surface area (Å²) in [5.74, 6) is 5.74. The zero-order valence-electron chi connectivity index (χ0n) is 22.2. The topological polar surface area (TPSA) is 82.9 Å². The maximum absolute atomic E-state index is 14.5. The van der Waals surface area contributed by atoms with Gasteiger partial charge >= 0.3 is 6.18 Å². The molecular weight excluding hydrogens is 528 g/mol. The smallest absolute Gasteiger partial charge is 0.394 e. The van der Waals surface area contributed by atoms with E-state index in [0.717, 1.165) is 12.1 Å². The van der Waals surface area contributed by atoms with Crippen LogP contribution in [0.3, 0.4) is 0 Å². The van der Waals surface area contributed by atoms with Gasteiger partial charge in [0.25, 0.3) is 5.91 Å². The highest BCUT2D eigenvalue weighted by molar-refractivity contribution is 5.99. The molecule has 1 unspecified atom stereocenters. The summed E-state index contributed by atoms with van der Waals surface area (Å²) in [7, 11) is 3.36. The number of benzene rings is 1. The third-order valence-electron chi connectivity index (χ3n) is 7.23. The number of piperidine rings is 1. The lowest BCUT2D eigenvalue weighted by atomic mass is 9.95. The molecule has 4 heterocycles. The number of rotatable bonds is 7. The van der Waals surface area contributed by atoms with E-state index in [0.29, 0.717) is 54.4 Å². The second-order valence-electron chi connectivity index (χ2n) is 10.1. The molecule has 1 saturated heterocycles. The van der Waals surface area contributed by atoms with E-state index in [1.54, 1.807) is 24.3 Å². The van der Waals surface area contributed by atoms with Crippen molar-refractivity contribution in [3.63, 3.8) is 0 Å². The monoisotopic (exact) mass is 558 g/mol. The highest BCUT2D eigenvalue weighted by Gasteiger charge is 2.32. The number of carbonyl (C=O) groups excluding carboxylic acids is 1. The Bertz CT molecular complexity index is 1480. The number of hydrogen-bond acceptors (Lipinski definition) is 6. The molecular formula is C28H30F4N6O2. The molecule has 0 saturated carbocycles. The van der Waals surface area contributed by atoms with Gasteiger partial charge in [-0.1, -0.05) is 5.92 Å². The molecule has 2 aromatic heterocycles. The second kappa shape index (κ2) is 11.3. The van der Waals surface area contributed by atoms with Crippen LogP contribution >= 0.6 is 0 Å². The molecule has 0 radical (unpaired) electrons. The number of aromatic nitrogens is 2. The highest BCUT2D eigenvalue weighted by atomic mass is 19.4. The second-order valence-corrected chi connectivity index (χ2v) is 10.1. The quantitative estimate of drug-likeness (QED) is 0.302. The van der Waals surface area contributed by atoms with Gasteiger partial charge in [0.2, 0.25) is 0 Å². The molecule has 2 aliphatic rings. The molecule has 212 valence electrons. The minimum atomic E-state index is -4.47. The predicted molar refractivity (Wildman–Crippen MR) is 143 cm³/mol. The van der Waals surface area contributed by atoms with E-state index in [2.05, 4.69) is 32.8 Å². The number of methoxy groups -OCH3 is 1. The van der Waals surface area contributed by atoms with E-state index < -0.39 is 18.8 Å². The summed E-state index contributed by atoms with van der Waals surface area (Å²) in [5, 5.41) is 9.06. The van der Waals surface area contributed by atoms with Crippen molar-refractivity contribution in [2.45, 2.75) is 31.7 Å². The average molecular weight is 559 g/mol. The molecule has 1 amide bonds. The van der Waals surface area contributed by atoms with Gasteiger partial charge in [-0.2, -0.15) is 13.2 Å². The number of nitrogens with one attached hydrogen (secondary N) is 3. The van der Waals surface area contributed by atoms with Crippen LogP contribution in [0.25, 0.3) is 5.65 Å². The zero-order valence-corrected chi connectivity index (χ0v) is 22.2. The lowest BCUT2D eigenvalue weighted by molar-refractivity contribution is -0.128. The van der Waals surface area contributed by atoms with Crippen LogP contribution in [0.1, 0.15) is 33.7 Å². The van der Waals surface area contributed by atoms with Gasteiger partial charge in [-0.25, -0.2) is 9.37 Å². The van der Waals surface area contributed by atoms with E-state index in [1.807, 2.05) is 11.9 Å². The van der Waals surface area contributed by atoms with Gasteiger partial charge in [0.1, 0.15) is 17.6 Å². The summed E-state index contributed by atoms with van der Waals surface area (Å²) >= 11 is 0. The lowest BCUT2D eigenvalue weighted by Crippen LogP contribution is -2.41. The SMILES string of the molecule is COc1cc2c(cc1NCC#Cc1nc3c(NCC4CCN(C)C[C@@H]4F)cccn3c1CC(F)(F)F)CNC2=O. The van der Waals surface area contributed by atoms with Gasteiger partial charge in [-0.3, -0.25) is 4.79 Å². The molecule has 40 heavy (non-hydrogen) atoms. The molecule has 1 fully saturated rings. The fourth-order valence-corrected chi connectivity index (χ4v) is 5.12. The third-order valence-corrected chi connectivity index (χ3v) is 7.23. The number of hydrogen-bond donors (Lipinski definition) is 3. The largest absolute Gasteiger partial charge is 0.495 e. The first-order valence-corrected chi connectivity index (χ1v) is 13.0. The zero-order chi connectivity index (χ0) is 28.4. The number of carbonyl (C=O) groups is 1. The standard InChI is InChI=1S/C28H30F4N6O2/c1-37-10-7-17(20(29)16-37)14-34-22-6-4-9-38-24(13-28(30,31)32)21(36-26(22)38)5-3-8-33-23-11-18-15-35-27(39)19(18)12-25(23)40-2/h4,6,9,11-12,17,20,33-34H,7-8,10,13-16H2,1-2H3,(H,35,39)/t17?,20-/m0/s1. The van der Waals surface area contributed by atoms with Crippen LogP contribution in [0.4, 0.5) is 28.9 Å². The molecule has 0 bridgehead atoms. The van der Waals surface area contributed by atoms with Crippen molar-refractivity contribution in [2.24, 2.45) is 5.92 Å². The summed E-state index contributed by atoms with van der Waals surface area (Å²) in [6.07, 6.45) is -4.44. The average Bonchev–Trinajstić information content (AvgIpc) is 3.44. The fraction of sp³-hybridized carbons (Fsp3) is 0.429. The van der Waals surface area contributed by atoms with Gasteiger partial charge in [-0.15, -0.1) is 0 Å². The number of alkyl halides is 4. The third kappa shape index (κ3) is 5.94. The van der Waals surface area contributed by atoms with E-state index in [1.165, 1.54) is 17.7 Å². The molecule has 3 aromatic rings. The first kappa shape index (κ1) is 27.6. The van der Waals surface area contributed by atoms with Crippen LogP contribution < -0.4 is 20.7 Å². The molecule has 8 nitrogen and oxygen atoms in total. The molecule has 2 atom stereocenters. The summed E-state index contributed by atoms with van der Waals surface area (Å²) in [5.41, 5.74) is 2.75. The molecule has 0 aliphatic carbocycles. The number of likely N-dealkylation sites (tertiary alicyclic amines) is 1. The number of imidazole rings is 1. The Morgan fingerprint density at radius 3 is 2.83 bits per heavy atom. The summed E-state index contributed by atoms with van der Waals surface area (Å²) in [6, 6.07) is 6.79. The maximum Gasteiger partial charge on any atom is 0.394 e. The first-order chi connectivity index (χ1) is 19.1. The van der Waals surface area contributed by atoms with Gasteiger partial charge in [-0.05, 0) is 55.8 Å². The number of fused-ring (bicyclic) bond motifs is 2. The number of ether oxygens (including phenoxy) is 1. The van der Waals surface area contributed by atoms with Crippen LogP contribution in [0.5, 0.6) is 5.75 Å². The Morgan fingerprint density at radius 1 is 1.25 bits per heavy atom. The maximum atomic E-state index is 14.5. The number of amides is 1. The Balaban J connectivity index is 1.37. The number of anilines is 2. The Hall–Kier alpha value is -3.98. The minimum absolute atomic E-state index is 0.0201. The minimum Gasteiger partial charge on any atom is -0.495 e. The molecule has 12 heteroatoms. The van der Waals surface area contributed by atoms with Crippen molar-refractivity contribution in [3.05, 3.63) is 53.0 Å². The van der Waals surface area contributed by atoms with Crippen LogP contribution in [-0.4, -0.2) is 72.9 Å². The molecule has 3 N–H and O–H groups in total. The van der Waals surface area contributed by atoms with Crippen molar-refractivity contribution in [1.29, 1.82) is 0 Å². The van der Waals surface area contributed by atoms with Crippen molar-refractivity contribution in [2.75, 3.05) is 51.0 Å². The van der Waals surface area contributed by atoms with Crippen molar-refractivity contribution < 1.29 is 27.1 Å². The predicted octanol–water partition coefficient (Wildman–Crippen LogP) is 3.86. The van der Waals surface area contributed by atoms with Gasteiger partial charge in [0.15, 0.2) is 5.65 Å².